The van der Waals surface area contributed by atoms with Crippen LogP contribution >= 0.6 is 0 Å². The summed E-state index contributed by atoms with van der Waals surface area (Å²) >= 11 is 0. The number of rotatable bonds is 6. The van der Waals surface area contributed by atoms with Crippen molar-refractivity contribution in [2.24, 2.45) is 0 Å². The molecule has 0 N–H and O–H groups in total. The highest BCUT2D eigenvalue weighted by Crippen LogP contribution is 2.22. The summed E-state index contributed by atoms with van der Waals surface area (Å²) in [6.45, 7) is 7.60. The first-order valence-corrected chi connectivity index (χ1v) is 8.72. The van der Waals surface area contributed by atoms with Gasteiger partial charge in [-0.1, -0.05) is 0 Å². The third-order valence-corrected chi connectivity index (χ3v) is 4.68. The van der Waals surface area contributed by atoms with E-state index in [9.17, 15) is 4.79 Å². The first kappa shape index (κ1) is 16.5. The Labute approximate surface area is 143 Å². The maximum absolute atomic E-state index is 12.8. The van der Waals surface area contributed by atoms with E-state index in [0.717, 1.165) is 44.8 Å². The maximum Gasteiger partial charge on any atom is 0.255 e. The first-order valence-electron chi connectivity index (χ1n) is 8.72. The molecular formula is C18H25N5O. The van der Waals surface area contributed by atoms with Crippen molar-refractivity contribution in [3.05, 3.63) is 42.4 Å². The Kier molecular flexibility index (Phi) is 5.13. The monoisotopic (exact) mass is 327 g/mol. The van der Waals surface area contributed by atoms with E-state index in [4.69, 9.17) is 0 Å². The molecule has 0 unspecified atom stereocenters. The van der Waals surface area contributed by atoms with Gasteiger partial charge in [-0.25, -0.2) is 4.98 Å². The lowest BCUT2D eigenvalue weighted by molar-refractivity contribution is 0.0721. The van der Waals surface area contributed by atoms with Crippen molar-refractivity contribution in [2.75, 3.05) is 24.5 Å². The Bertz CT molecular complexity index is 649. The highest BCUT2D eigenvalue weighted by Gasteiger charge is 2.30. The van der Waals surface area contributed by atoms with E-state index in [2.05, 4.69) is 28.8 Å². The lowest BCUT2D eigenvalue weighted by atomic mass is 10.2. The van der Waals surface area contributed by atoms with Crippen LogP contribution in [0.15, 0.2) is 36.8 Å². The van der Waals surface area contributed by atoms with E-state index in [1.54, 1.807) is 12.4 Å². The van der Waals surface area contributed by atoms with Crippen LogP contribution in [0.4, 0.5) is 5.82 Å². The fourth-order valence-electron chi connectivity index (χ4n) is 3.33. The van der Waals surface area contributed by atoms with Crippen LogP contribution in [0.3, 0.4) is 0 Å². The van der Waals surface area contributed by atoms with E-state index < -0.39 is 0 Å². The van der Waals surface area contributed by atoms with Crippen molar-refractivity contribution < 1.29 is 4.79 Å². The molecule has 1 aliphatic heterocycles. The summed E-state index contributed by atoms with van der Waals surface area (Å²) < 4.78 is 1.90. The Balaban J connectivity index is 1.70. The second-order valence-electron chi connectivity index (χ2n) is 6.10. The average Bonchev–Trinajstić information content (AvgIpc) is 3.28. The Morgan fingerprint density at radius 2 is 2.17 bits per heavy atom. The number of aromatic nitrogens is 3. The summed E-state index contributed by atoms with van der Waals surface area (Å²) in [5.41, 5.74) is 0.665. The van der Waals surface area contributed by atoms with Gasteiger partial charge >= 0.3 is 0 Å². The van der Waals surface area contributed by atoms with Gasteiger partial charge in [0.25, 0.3) is 5.91 Å². The molecule has 3 heterocycles. The van der Waals surface area contributed by atoms with Gasteiger partial charge < -0.3 is 9.80 Å². The second kappa shape index (κ2) is 7.47. The van der Waals surface area contributed by atoms with Crippen molar-refractivity contribution in [1.29, 1.82) is 0 Å². The molecule has 0 bridgehead atoms. The van der Waals surface area contributed by atoms with Crippen molar-refractivity contribution in [1.82, 2.24) is 19.7 Å². The molecule has 1 atom stereocenters. The quantitative estimate of drug-likeness (QED) is 0.818. The molecule has 1 saturated heterocycles. The Morgan fingerprint density at radius 1 is 1.33 bits per heavy atom. The third-order valence-electron chi connectivity index (χ3n) is 4.68. The average molecular weight is 327 g/mol. The highest BCUT2D eigenvalue weighted by atomic mass is 16.2. The molecule has 0 aromatic carbocycles. The number of hydrogen-bond acceptors (Lipinski definition) is 4. The van der Waals surface area contributed by atoms with Crippen LogP contribution in [0.5, 0.6) is 0 Å². The lowest BCUT2D eigenvalue weighted by Gasteiger charge is -2.25. The number of carbonyl (C=O) groups excluding carboxylic acids is 1. The summed E-state index contributed by atoms with van der Waals surface area (Å²) in [7, 11) is 0. The van der Waals surface area contributed by atoms with Gasteiger partial charge in [0.1, 0.15) is 5.82 Å². The highest BCUT2D eigenvalue weighted by molar-refractivity contribution is 5.94. The van der Waals surface area contributed by atoms with Crippen LogP contribution in [0.2, 0.25) is 0 Å². The molecular weight excluding hydrogens is 302 g/mol. The van der Waals surface area contributed by atoms with Crippen LogP contribution in [-0.4, -0.2) is 51.2 Å². The van der Waals surface area contributed by atoms with Crippen LogP contribution in [0.25, 0.3) is 0 Å². The van der Waals surface area contributed by atoms with Gasteiger partial charge in [-0.05, 0) is 44.9 Å². The number of likely N-dealkylation sites (tertiary alicyclic amines) is 1. The maximum atomic E-state index is 12.8. The van der Waals surface area contributed by atoms with E-state index in [1.165, 1.54) is 0 Å². The largest absolute Gasteiger partial charge is 0.357 e. The molecule has 0 saturated carbocycles. The minimum absolute atomic E-state index is 0.0725. The zero-order valence-corrected chi connectivity index (χ0v) is 14.4. The number of hydrogen-bond donors (Lipinski definition) is 0. The summed E-state index contributed by atoms with van der Waals surface area (Å²) in [6, 6.07) is 5.96. The summed E-state index contributed by atoms with van der Waals surface area (Å²) in [4.78, 5) is 21.5. The fourth-order valence-corrected chi connectivity index (χ4v) is 3.33. The predicted molar refractivity (Wildman–Crippen MR) is 94.1 cm³/mol. The number of nitrogens with zero attached hydrogens (tertiary/aromatic N) is 5. The van der Waals surface area contributed by atoms with Crippen LogP contribution in [0, 0.1) is 0 Å². The molecule has 1 fully saturated rings. The summed E-state index contributed by atoms with van der Waals surface area (Å²) in [5.74, 6) is 0.995. The minimum Gasteiger partial charge on any atom is -0.357 e. The molecule has 0 spiro atoms. The Hall–Kier alpha value is -2.37. The second-order valence-corrected chi connectivity index (χ2v) is 6.10. The molecule has 3 rings (SSSR count). The zero-order valence-electron chi connectivity index (χ0n) is 14.4. The molecule has 1 aliphatic rings. The van der Waals surface area contributed by atoms with Crippen molar-refractivity contribution in [2.45, 2.75) is 39.3 Å². The fraction of sp³-hybridized carbons (Fsp3) is 0.500. The molecule has 0 radical (unpaired) electrons. The number of amides is 1. The smallest absolute Gasteiger partial charge is 0.255 e. The normalized spacial score (nSPS) is 17.2. The molecule has 6 nitrogen and oxygen atoms in total. The van der Waals surface area contributed by atoms with E-state index in [1.807, 2.05) is 34.0 Å². The Morgan fingerprint density at radius 3 is 2.79 bits per heavy atom. The van der Waals surface area contributed by atoms with Crippen molar-refractivity contribution >= 4 is 11.7 Å². The first-order chi connectivity index (χ1) is 11.7. The molecule has 128 valence electrons. The van der Waals surface area contributed by atoms with Gasteiger partial charge in [0.2, 0.25) is 0 Å². The van der Waals surface area contributed by atoms with E-state index in [-0.39, 0.29) is 11.9 Å². The van der Waals surface area contributed by atoms with Gasteiger partial charge in [0.15, 0.2) is 0 Å². The number of carbonyl (C=O) groups is 1. The van der Waals surface area contributed by atoms with Crippen molar-refractivity contribution in [3.8, 4) is 0 Å². The standard InChI is InChI=1S/C18H25N5O/c1-3-21(4-2)17-9-8-15(13-19-17)18(24)23-12-5-7-16(23)14-22-11-6-10-20-22/h6,8-11,13,16H,3-5,7,12,14H2,1-2H3/t16-/m0/s1. The van der Waals surface area contributed by atoms with Gasteiger partial charge in [-0.3, -0.25) is 9.48 Å². The molecule has 6 heteroatoms. The summed E-state index contributed by atoms with van der Waals surface area (Å²) in [5, 5.41) is 4.26. The van der Waals surface area contributed by atoms with Crippen molar-refractivity contribution in [3.63, 3.8) is 0 Å². The van der Waals surface area contributed by atoms with E-state index in [0.29, 0.717) is 5.56 Å². The third kappa shape index (κ3) is 3.42. The van der Waals surface area contributed by atoms with Gasteiger partial charge in [-0.15, -0.1) is 0 Å². The van der Waals surface area contributed by atoms with E-state index >= 15 is 0 Å². The molecule has 2 aromatic heterocycles. The predicted octanol–water partition coefficient (Wildman–Crippen LogP) is 2.43. The number of anilines is 1. The van der Waals surface area contributed by atoms with Gasteiger partial charge in [0.05, 0.1) is 18.2 Å². The molecule has 2 aromatic rings. The summed E-state index contributed by atoms with van der Waals surface area (Å²) in [6.07, 6.45) is 7.50. The molecule has 1 amide bonds. The molecule has 24 heavy (non-hydrogen) atoms. The van der Waals surface area contributed by atoms with Gasteiger partial charge in [0, 0.05) is 38.2 Å². The SMILES string of the molecule is CCN(CC)c1ccc(C(=O)N2CCC[C@H]2Cn2cccn2)cn1. The zero-order chi connectivity index (χ0) is 16.9. The van der Waals surface area contributed by atoms with Crippen LogP contribution in [-0.2, 0) is 6.54 Å². The topological polar surface area (TPSA) is 54.3 Å². The minimum atomic E-state index is 0.0725. The van der Waals surface area contributed by atoms with Crippen LogP contribution in [0.1, 0.15) is 37.0 Å². The number of pyridine rings is 1. The molecule has 0 aliphatic carbocycles. The van der Waals surface area contributed by atoms with Crippen LogP contribution < -0.4 is 4.90 Å². The van der Waals surface area contributed by atoms with Gasteiger partial charge in [-0.2, -0.15) is 5.10 Å². The lowest BCUT2D eigenvalue weighted by Crippen LogP contribution is -2.38.